The molecule has 2 heterocycles. The number of hydrogen-bond acceptors (Lipinski definition) is 3. The lowest BCUT2D eigenvalue weighted by atomic mass is 9.63. The predicted octanol–water partition coefficient (Wildman–Crippen LogP) is 3.48. The molecule has 2 atom stereocenters. The molecule has 0 radical (unpaired) electrons. The fourth-order valence-electron chi connectivity index (χ4n) is 4.80. The van der Waals surface area contributed by atoms with Gasteiger partial charge in [0.05, 0.1) is 18.4 Å². The summed E-state index contributed by atoms with van der Waals surface area (Å²) in [6, 6.07) is 3.76. The first-order valence-electron chi connectivity index (χ1n) is 8.93. The van der Waals surface area contributed by atoms with Crippen LogP contribution in [0.1, 0.15) is 51.5 Å². The summed E-state index contributed by atoms with van der Waals surface area (Å²) in [6.07, 6.45) is 8.49. The highest BCUT2D eigenvalue weighted by atomic mass is 16.2. The molecule has 1 saturated heterocycles. The third-order valence-corrected chi connectivity index (χ3v) is 6.13. The van der Waals surface area contributed by atoms with E-state index in [0.29, 0.717) is 6.54 Å². The summed E-state index contributed by atoms with van der Waals surface area (Å²) < 4.78 is 0. The number of aromatic nitrogens is 1. The van der Waals surface area contributed by atoms with Gasteiger partial charge in [-0.1, -0.05) is 31.1 Å². The quantitative estimate of drug-likeness (QED) is 0.618. The zero-order valence-corrected chi connectivity index (χ0v) is 14.4. The summed E-state index contributed by atoms with van der Waals surface area (Å²) in [6.45, 7) is 4.93. The van der Waals surface area contributed by atoms with Crippen molar-refractivity contribution in [3.63, 3.8) is 0 Å². The van der Waals surface area contributed by atoms with Crippen LogP contribution >= 0.6 is 0 Å². The molecule has 1 aromatic rings. The summed E-state index contributed by atoms with van der Waals surface area (Å²) in [4.78, 5) is 31.3. The molecule has 1 aliphatic heterocycles. The van der Waals surface area contributed by atoms with Crippen molar-refractivity contribution in [2.45, 2.75) is 52.5 Å². The van der Waals surface area contributed by atoms with Crippen LogP contribution in [0.4, 0.5) is 0 Å². The second-order valence-electron chi connectivity index (χ2n) is 8.06. The number of carbonyl (C=O) groups is 2. The Morgan fingerprint density at radius 1 is 1.21 bits per heavy atom. The molecule has 0 spiro atoms. The Kier molecular flexibility index (Phi) is 3.59. The third kappa shape index (κ3) is 2.40. The first kappa shape index (κ1) is 15.6. The summed E-state index contributed by atoms with van der Waals surface area (Å²) in [5.41, 5.74) is 4.01. The Labute approximate surface area is 143 Å². The van der Waals surface area contributed by atoms with Crippen LogP contribution in [-0.2, 0) is 16.1 Å². The molecule has 0 aromatic carbocycles. The summed E-state index contributed by atoms with van der Waals surface area (Å²) in [7, 11) is 0. The average molecular weight is 324 g/mol. The molecule has 0 bridgehead atoms. The van der Waals surface area contributed by atoms with Crippen LogP contribution < -0.4 is 0 Å². The maximum Gasteiger partial charge on any atom is 0.233 e. The molecule has 3 aliphatic rings. The van der Waals surface area contributed by atoms with Crippen molar-refractivity contribution in [2.24, 2.45) is 17.3 Å². The van der Waals surface area contributed by atoms with Gasteiger partial charge in [-0.25, -0.2) is 0 Å². The molecule has 0 unspecified atom stereocenters. The minimum absolute atomic E-state index is 0.0155. The lowest BCUT2D eigenvalue weighted by Crippen LogP contribution is -2.32. The van der Waals surface area contributed by atoms with Crippen LogP contribution in [0, 0.1) is 17.3 Å². The normalized spacial score (nSPS) is 28.8. The van der Waals surface area contributed by atoms with Gasteiger partial charge in [0.15, 0.2) is 0 Å². The van der Waals surface area contributed by atoms with Crippen LogP contribution in [0.25, 0.3) is 0 Å². The SMILES string of the molecule is CC1(C)CCCC2=C1C[C@H]1C(=O)N(Cc3cccnc3)C(=O)[C@H]1C2. The molecule has 4 rings (SSSR count). The van der Waals surface area contributed by atoms with Gasteiger partial charge in [0.25, 0.3) is 0 Å². The molecule has 2 amide bonds. The van der Waals surface area contributed by atoms with E-state index >= 15 is 0 Å². The third-order valence-electron chi connectivity index (χ3n) is 6.13. The zero-order valence-electron chi connectivity index (χ0n) is 14.4. The Balaban J connectivity index is 1.60. The summed E-state index contributed by atoms with van der Waals surface area (Å²) >= 11 is 0. The van der Waals surface area contributed by atoms with Crippen LogP contribution in [0.5, 0.6) is 0 Å². The van der Waals surface area contributed by atoms with Gasteiger partial charge in [0, 0.05) is 12.4 Å². The first-order chi connectivity index (χ1) is 11.5. The number of hydrogen-bond donors (Lipinski definition) is 0. The molecular weight excluding hydrogens is 300 g/mol. The highest BCUT2D eigenvalue weighted by Crippen LogP contribution is 2.51. The molecule has 1 aromatic heterocycles. The second-order valence-corrected chi connectivity index (χ2v) is 8.06. The molecule has 1 fully saturated rings. The summed E-state index contributed by atoms with van der Waals surface area (Å²) in [5.74, 6) is -0.252. The van der Waals surface area contributed by atoms with Crippen molar-refractivity contribution in [3.8, 4) is 0 Å². The lowest BCUT2D eigenvalue weighted by Gasteiger charge is -2.40. The molecule has 24 heavy (non-hydrogen) atoms. The van der Waals surface area contributed by atoms with Gasteiger partial charge in [-0.3, -0.25) is 19.5 Å². The number of imide groups is 1. The van der Waals surface area contributed by atoms with E-state index in [2.05, 4.69) is 18.8 Å². The first-order valence-corrected chi connectivity index (χ1v) is 8.93. The van der Waals surface area contributed by atoms with Gasteiger partial charge >= 0.3 is 0 Å². The topological polar surface area (TPSA) is 50.3 Å². The smallest absolute Gasteiger partial charge is 0.233 e. The van der Waals surface area contributed by atoms with Gasteiger partial charge in [-0.2, -0.15) is 0 Å². The Bertz CT molecular complexity index is 720. The van der Waals surface area contributed by atoms with Crippen molar-refractivity contribution >= 4 is 11.8 Å². The van der Waals surface area contributed by atoms with E-state index < -0.39 is 0 Å². The van der Waals surface area contributed by atoms with Gasteiger partial charge in [0.2, 0.25) is 11.8 Å². The fraction of sp³-hybridized carbons (Fsp3) is 0.550. The van der Waals surface area contributed by atoms with Crippen LogP contribution in [0.3, 0.4) is 0 Å². The number of rotatable bonds is 2. The van der Waals surface area contributed by atoms with Crippen molar-refractivity contribution in [1.82, 2.24) is 9.88 Å². The Hall–Kier alpha value is -1.97. The van der Waals surface area contributed by atoms with E-state index in [1.807, 2.05) is 12.1 Å². The highest BCUT2D eigenvalue weighted by Gasteiger charge is 2.51. The maximum atomic E-state index is 12.9. The van der Waals surface area contributed by atoms with Crippen molar-refractivity contribution in [1.29, 1.82) is 0 Å². The number of allylic oxidation sites excluding steroid dienone is 2. The standard InChI is InChI=1S/C20H24N2O2/c1-20(2)7-3-6-14-9-15-16(10-17(14)20)19(24)22(18(15)23)12-13-5-4-8-21-11-13/h4-5,8,11,15-16H,3,6-7,9-10,12H2,1-2H3/t15-,16+/m0/s1. The van der Waals surface area contributed by atoms with Gasteiger partial charge in [0.1, 0.15) is 0 Å². The molecule has 126 valence electrons. The Morgan fingerprint density at radius 2 is 1.96 bits per heavy atom. The summed E-state index contributed by atoms with van der Waals surface area (Å²) in [5, 5.41) is 0. The van der Waals surface area contributed by atoms with Crippen LogP contribution in [0.15, 0.2) is 35.7 Å². The van der Waals surface area contributed by atoms with E-state index in [1.165, 1.54) is 28.9 Å². The molecular formula is C20H24N2O2. The van der Waals surface area contributed by atoms with Crippen LogP contribution in [-0.4, -0.2) is 21.7 Å². The molecule has 0 N–H and O–H groups in total. The van der Waals surface area contributed by atoms with E-state index in [9.17, 15) is 9.59 Å². The number of carbonyl (C=O) groups excluding carboxylic acids is 2. The number of fused-ring (bicyclic) bond motifs is 1. The van der Waals surface area contributed by atoms with Crippen molar-refractivity contribution in [3.05, 3.63) is 41.2 Å². The van der Waals surface area contributed by atoms with E-state index in [4.69, 9.17) is 0 Å². The average Bonchev–Trinajstić information content (AvgIpc) is 2.79. The van der Waals surface area contributed by atoms with E-state index in [1.54, 1.807) is 12.4 Å². The largest absolute Gasteiger partial charge is 0.278 e. The van der Waals surface area contributed by atoms with Gasteiger partial charge < -0.3 is 0 Å². The molecule has 2 aliphatic carbocycles. The van der Waals surface area contributed by atoms with E-state index in [0.717, 1.165) is 24.8 Å². The van der Waals surface area contributed by atoms with Crippen molar-refractivity contribution < 1.29 is 9.59 Å². The number of nitrogens with zero attached hydrogens (tertiary/aromatic N) is 2. The maximum absolute atomic E-state index is 12.9. The highest BCUT2D eigenvalue weighted by molar-refractivity contribution is 6.05. The number of pyridine rings is 1. The van der Waals surface area contributed by atoms with E-state index in [-0.39, 0.29) is 29.1 Å². The number of amides is 2. The fourth-order valence-corrected chi connectivity index (χ4v) is 4.80. The molecule has 4 nitrogen and oxygen atoms in total. The van der Waals surface area contributed by atoms with Gasteiger partial charge in [-0.15, -0.1) is 0 Å². The van der Waals surface area contributed by atoms with Gasteiger partial charge in [-0.05, 0) is 49.1 Å². The minimum atomic E-state index is -0.148. The minimum Gasteiger partial charge on any atom is -0.278 e. The van der Waals surface area contributed by atoms with Crippen molar-refractivity contribution in [2.75, 3.05) is 0 Å². The lowest BCUT2D eigenvalue weighted by molar-refractivity contribution is -0.140. The monoisotopic (exact) mass is 324 g/mol. The Morgan fingerprint density at radius 3 is 2.67 bits per heavy atom. The molecule has 0 saturated carbocycles. The molecule has 4 heteroatoms. The predicted molar refractivity (Wildman–Crippen MR) is 90.7 cm³/mol. The van der Waals surface area contributed by atoms with Crippen LogP contribution in [0.2, 0.25) is 0 Å². The zero-order chi connectivity index (χ0) is 16.9. The number of likely N-dealkylation sites (tertiary alicyclic amines) is 1. The second kappa shape index (κ2) is 5.54.